The average molecular weight is 680 g/mol. The second kappa shape index (κ2) is 15.3. The highest BCUT2D eigenvalue weighted by Gasteiger charge is 2.22. The van der Waals surface area contributed by atoms with Crippen molar-refractivity contribution in [3.8, 4) is 22.6 Å². The molecule has 0 amide bonds. The van der Waals surface area contributed by atoms with Crippen molar-refractivity contribution in [3.63, 3.8) is 0 Å². The number of hydrogen-bond donors (Lipinski definition) is 4. The lowest BCUT2D eigenvalue weighted by Gasteiger charge is -2.25. The van der Waals surface area contributed by atoms with Crippen LogP contribution in [0.5, 0.6) is 11.5 Å². The first-order chi connectivity index (χ1) is 23.2. The molecule has 4 rings (SSSR count). The Labute approximate surface area is 275 Å². The fraction of sp³-hybridized carbons (Fsp3) is 0.219. The van der Waals surface area contributed by atoms with Gasteiger partial charge in [-0.05, 0) is 54.4 Å². The molecule has 17 heteroatoms. The molecule has 0 aliphatic rings. The van der Waals surface area contributed by atoms with Crippen molar-refractivity contribution in [2.75, 3.05) is 49.2 Å². The van der Waals surface area contributed by atoms with Gasteiger partial charge in [0, 0.05) is 23.6 Å². The largest absolute Gasteiger partial charge is 0.488 e. The highest BCUT2D eigenvalue weighted by Crippen LogP contribution is 2.35. The minimum absolute atomic E-state index is 0.00931. The van der Waals surface area contributed by atoms with E-state index < -0.39 is 60.6 Å². The van der Waals surface area contributed by atoms with Crippen molar-refractivity contribution >= 4 is 51.9 Å². The van der Waals surface area contributed by atoms with Gasteiger partial charge in [-0.2, -0.15) is 0 Å². The zero-order chi connectivity index (χ0) is 35.8. The molecule has 0 radical (unpaired) electrons. The van der Waals surface area contributed by atoms with E-state index >= 15 is 0 Å². The summed E-state index contributed by atoms with van der Waals surface area (Å²) < 4.78 is 17.3. The molecular formula is C32H29N3O14. The van der Waals surface area contributed by atoms with Gasteiger partial charge in [-0.1, -0.05) is 6.07 Å². The van der Waals surface area contributed by atoms with Crippen LogP contribution in [0.3, 0.4) is 0 Å². The Morgan fingerprint density at radius 2 is 1.24 bits per heavy atom. The molecule has 256 valence electrons. The third kappa shape index (κ3) is 9.22. The first-order valence-electron chi connectivity index (χ1n) is 14.3. The molecule has 0 atom stereocenters. The molecule has 0 fully saturated rings. The summed E-state index contributed by atoms with van der Waals surface area (Å²) >= 11 is 0. The average Bonchev–Trinajstić information content (AvgIpc) is 3.01. The van der Waals surface area contributed by atoms with Crippen LogP contribution in [0.4, 0.5) is 17.1 Å². The Balaban J connectivity index is 1.69. The number of benzene rings is 3. The molecule has 1 aromatic heterocycles. The van der Waals surface area contributed by atoms with E-state index in [1.54, 1.807) is 19.1 Å². The normalized spacial score (nSPS) is 10.7. The van der Waals surface area contributed by atoms with E-state index in [1.807, 2.05) is 0 Å². The summed E-state index contributed by atoms with van der Waals surface area (Å²) in [5.74, 6) is -5.09. The number of hydrogen-bond acceptors (Lipinski definition) is 12. The quantitative estimate of drug-likeness (QED) is 0.0542. The fourth-order valence-corrected chi connectivity index (χ4v) is 4.87. The zero-order valence-electron chi connectivity index (χ0n) is 25.7. The number of rotatable bonds is 17. The van der Waals surface area contributed by atoms with Crippen LogP contribution >= 0.6 is 0 Å². The maximum atomic E-state index is 12.9. The second-order valence-corrected chi connectivity index (χ2v) is 10.6. The number of nitro benzene ring substituents is 1. The molecule has 4 aromatic rings. The van der Waals surface area contributed by atoms with Crippen LogP contribution in [0.2, 0.25) is 0 Å². The lowest BCUT2D eigenvalue weighted by atomic mass is 10.0. The number of fused-ring (bicyclic) bond motifs is 1. The number of non-ortho nitro benzene ring substituents is 1. The standard InChI is InChI=1S/C32H29N3O14/c1-18-2-7-23(33(14-28(36)37)15-29(38)39)26(10-18)47-8-9-48-27-12-20-11-22(19-3-5-21(6-4-19)35(45)46)32(44)49-25(20)13-24(27)34(16-30(40)41)17-31(42)43/h2-7,10-13H,8-9,14-17H2,1H3,(H,36,37)(H,38,39)(H,40,41)(H,42,43). The summed E-state index contributed by atoms with van der Waals surface area (Å²) in [5.41, 5.74) is 0.221. The molecule has 0 bridgehead atoms. The van der Waals surface area contributed by atoms with Crippen molar-refractivity contribution < 1.29 is 58.4 Å². The Kier molecular flexibility index (Phi) is 11.0. The van der Waals surface area contributed by atoms with E-state index in [4.69, 9.17) is 13.9 Å². The van der Waals surface area contributed by atoms with Crippen LogP contribution in [-0.2, 0) is 19.2 Å². The van der Waals surface area contributed by atoms with Gasteiger partial charge in [-0.15, -0.1) is 0 Å². The number of aryl methyl sites for hydroxylation is 1. The van der Waals surface area contributed by atoms with Crippen molar-refractivity contribution in [1.82, 2.24) is 0 Å². The van der Waals surface area contributed by atoms with E-state index in [9.17, 15) is 54.5 Å². The molecule has 0 saturated heterocycles. The van der Waals surface area contributed by atoms with E-state index in [0.29, 0.717) is 5.56 Å². The minimum atomic E-state index is -1.36. The number of carboxylic acid groups (broad SMARTS) is 4. The number of carboxylic acids is 4. The summed E-state index contributed by atoms with van der Waals surface area (Å²) in [5, 5.41) is 48.9. The molecule has 4 N–H and O–H groups in total. The smallest absolute Gasteiger partial charge is 0.344 e. The lowest BCUT2D eigenvalue weighted by Crippen LogP contribution is -2.35. The number of nitrogens with zero attached hydrogens (tertiary/aromatic N) is 3. The summed E-state index contributed by atoms with van der Waals surface area (Å²) in [4.78, 5) is 71.6. The molecule has 0 aliphatic heterocycles. The van der Waals surface area contributed by atoms with Crippen molar-refractivity contribution in [1.29, 1.82) is 0 Å². The van der Waals surface area contributed by atoms with Gasteiger partial charge in [0.15, 0.2) is 0 Å². The van der Waals surface area contributed by atoms with E-state index in [-0.39, 0.29) is 58.3 Å². The third-order valence-corrected chi connectivity index (χ3v) is 6.90. The van der Waals surface area contributed by atoms with E-state index in [1.165, 1.54) is 48.5 Å². The third-order valence-electron chi connectivity index (χ3n) is 6.90. The maximum absolute atomic E-state index is 12.9. The Hall–Kier alpha value is -6.65. The van der Waals surface area contributed by atoms with Crippen LogP contribution in [0.25, 0.3) is 22.1 Å². The highest BCUT2D eigenvalue weighted by atomic mass is 16.6. The van der Waals surface area contributed by atoms with Crippen LogP contribution in [0.1, 0.15) is 5.56 Å². The van der Waals surface area contributed by atoms with Crippen LogP contribution in [0, 0.1) is 17.0 Å². The summed E-state index contributed by atoms with van der Waals surface area (Å²) in [6.45, 7) is -1.42. The molecule has 3 aromatic carbocycles. The molecule has 49 heavy (non-hydrogen) atoms. The minimum Gasteiger partial charge on any atom is -0.488 e. The molecule has 0 aliphatic carbocycles. The summed E-state index contributed by atoms with van der Waals surface area (Å²) in [7, 11) is 0. The first-order valence-corrected chi connectivity index (χ1v) is 14.3. The number of ether oxygens (including phenoxy) is 2. The zero-order valence-corrected chi connectivity index (χ0v) is 25.7. The SMILES string of the molecule is Cc1ccc(N(CC(=O)O)CC(=O)O)c(OCCOc2cc3cc(-c4ccc([N+](=O)[O-])cc4)c(=O)oc3cc2N(CC(=O)O)CC(=O)O)c1. The number of carbonyl (C=O) groups is 4. The van der Waals surface area contributed by atoms with Gasteiger partial charge in [0.05, 0.1) is 21.9 Å². The highest BCUT2D eigenvalue weighted by molar-refractivity contribution is 5.90. The first kappa shape index (κ1) is 35.2. The summed E-state index contributed by atoms with van der Waals surface area (Å²) in [6.07, 6.45) is 0. The van der Waals surface area contributed by atoms with Crippen molar-refractivity contribution in [2.24, 2.45) is 0 Å². The predicted molar refractivity (Wildman–Crippen MR) is 172 cm³/mol. The van der Waals surface area contributed by atoms with E-state index in [0.717, 1.165) is 15.4 Å². The van der Waals surface area contributed by atoms with Crippen LogP contribution in [0.15, 0.2) is 69.9 Å². The van der Waals surface area contributed by atoms with Crippen LogP contribution < -0.4 is 24.9 Å². The maximum Gasteiger partial charge on any atom is 0.344 e. The van der Waals surface area contributed by atoms with Gasteiger partial charge in [-0.25, -0.2) is 4.79 Å². The number of aliphatic carboxylic acids is 4. The Morgan fingerprint density at radius 1 is 0.735 bits per heavy atom. The monoisotopic (exact) mass is 679 g/mol. The molecule has 0 unspecified atom stereocenters. The van der Waals surface area contributed by atoms with Gasteiger partial charge in [0.25, 0.3) is 5.69 Å². The lowest BCUT2D eigenvalue weighted by molar-refractivity contribution is -0.384. The Bertz CT molecular complexity index is 1940. The van der Waals surface area contributed by atoms with Gasteiger partial charge in [-0.3, -0.25) is 29.3 Å². The summed E-state index contributed by atoms with van der Waals surface area (Å²) in [6, 6.07) is 14.0. The van der Waals surface area contributed by atoms with Crippen molar-refractivity contribution in [2.45, 2.75) is 6.92 Å². The van der Waals surface area contributed by atoms with E-state index in [2.05, 4.69) is 0 Å². The molecule has 0 saturated carbocycles. The molecule has 17 nitrogen and oxygen atoms in total. The molecular weight excluding hydrogens is 650 g/mol. The fourth-order valence-electron chi connectivity index (χ4n) is 4.87. The second-order valence-electron chi connectivity index (χ2n) is 10.6. The van der Waals surface area contributed by atoms with Crippen LogP contribution in [-0.4, -0.2) is 88.6 Å². The van der Waals surface area contributed by atoms with Gasteiger partial charge in [0.1, 0.15) is 56.5 Å². The number of nitro groups is 1. The molecule has 0 spiro atoms. The van der Waals surface area contributed by atoms with Gasteiger partial charge < -0.3 is 44.1 Å². The number of anilines is 2. The van der Waals surface area contributed by atoms with Crippen molar-refractivity contribution in [3.05, 3.63) is 86.8 Å². The Morgan fingerprint density at radius 3 is 1.76 bits per heavy atom. The topological polar surface area (TPSA) is 247 Å². The molecule has 1 heterocycles. The van der Waals surface area contributed by atoms with Gasteiger partial charge in [0.2, 0.25) is 0 Å². The van der Waals surface area contributed by atoms with Gasteiger partial charge >= 0.3 is 29.5 Å². The predicted octanol–water partition coefficient (Wildman–Crippen LogP) is 3.09.